The van der Waals surface area contributed by atoms with E-state index in [1.807, 2.05) is 12.1 Å². The Hall–Kier alpha value is -2.57. The van der Waals surface area contributed by atoms with Crippen LogP contribution >= 0.6 is 0 Å². The molecule has 0 atom stereocenters. The average Bonchev–Trinajstić information content (AvgIpc) is 2.67. The van der Waals surface area contributed by atoms with Gasteiger partial charge in [-0.25, -0.2) is 0 Å². The van der Waals surface area contributed by atoms with Crippen LogP contribution in [0.15, 0.2) is 24.3 Å². The van der Waals surface area contributed by atoms with E-state index in [4.69, 9.17) is 14.9 Å². The Labute approximate surface area is 172 Å². The van der Waals surface area contributed by atoms with Gasteiger partial charge in [0.15, 0.2) is 0 Å². The molecule has 0 aromatic heterocycles. The van der Waals surface area contributed by atoms with E-state index in [1.165, 1.54) is 0 Å². The fourth-order valence-electron chi connectivity index (χ4n) is 2.94. The first-order valence-corrected chi connectivity index (χ1v) is 10.4. The first-order valence-electron chi connectivity index (χ1n) is 10.4. The molecule has 29 heavy (non-hydrogen) atoms. The molecule has 0 aliphatic heterocycles. The number of hydrogen-bond donors (Lipinski definition) is 3. The lowest BCUT2D eigenvalue weighted by atomic mass is 10.1. The van der Waals surface area contributed by atoms with Crippen molar-refractivity contribution in [2.75, 3.05) is 11.9 Å². The lowest BCUT2D eigenvalue weighted by molar-refractivity contribution is -0.138. The van der Waals surface area contributed by atoms with Crippen molar-refractivity contribution in [3.63, 3.8) is 0 Å². The first kappa shape index (κ1) is 24.5. The molecule has 0 aliphatic rings. The Morgan fingerprint density at radius 2 is 1.24 bits per heavy atom. The van der Waals surface area contributed by atoms with Crippen LogP contribution < -0.4 is 10.1 Å². The number of benzene rings is 1. The summed E-state index contributed by atoms with van der Waals surface area (Å²) in [5.41, 5.74) is 0.606. The van der Waals surface area contributed by atoms with Gasteiger partial charge in [-0.15, -0.1) is 0 Å². The zero-order chi connectivity index (χ0) is 21.3. The number of aliphatic carboxylic acids is 2. The molecule has 7 nitrogen and oxygen atoms in total. The number of carboxylic acids is 2. The van der Waals surface area contributed by atoms with Gasteiger partial charge in [0, 0.05) is 19.3 Å². The molecule has 0 bridgehead atoms. The third-order valence-electron chi connectivity index (χ3n) is 4.50. The molecule has 0 aliphatic carbocycles. The van der Waals surface area contributed by atoms with Crippen LogP contribution in [-0.4, -0.2) is 34.7 Å². The van der Waals surface area contributed by atoms with Crippen LogP contribution in [0, 0.1) is 0 Å². The van der Waals surface area contributed by atoms with Gasteiger partial charge < -0.3 is 20.3 Å². The predicted molar refractivity (Wildman–Crippen MR) is 111 cm³/mol. The van der Waals surface area contributed by atoms with Gasteiger partial charge in [-0.1, -0.05) is 50.7 Å². The van der Waals surface area contributed by atoms with Gasteiger partial charge >= 0.3 is 11.9 Å². The number of ether oxygens (including phenoxy) is 1. The molecule has 0 saturated carbocycles. The van der Waals surface area contributed by atoms with Crippen molar-refractivity contribution in [2.45, 2.75) is 77.0 Å². The number of unbranched alkanes of at least 4 members (excludes halogenated alkanes) is 7. The number of para-hydroxylation sites is 2. The molecule has 1 amide bonds. The number of nitrogens with one attached hydrogen (secondary N) is 1. The molecular weight excluding hydrogens is 374 g/mol. The zero-order valence-electron chi connectivity index (χ0n) is 17.0. The van der Waals surface area contributed by atoms with E-state index >= 15 is 0 Å². The van der Waals surface area contributed by atoms with Crippen LogP contribution in [0.2, 0.25) is 0 Å². The second kappa shape index (κ2) is 15.4. The maximum absolute atomic E-state index is 12.2. The van der Waals surface area contributed by atoms with Gasteiger partial charge in [0.25, 0.3) is 0 Å². The topological polar surface area (TPSA) is 113 Å². The van der Waals surface area contributed by atoms with E-state index in [0.29, 0.717) is 24.3 Å². The molecule has 0 heterocycles. The summed E-state index contributed by atoms with van der Waals surface area (Å²) in [7, 11) is 0. The Balaban J connectivity index is 2.14. The van der Waals surface area contributed by atoms with E-state index in [-0.39, 0.29) is 25.4 Å². The molecule has 0 fully saturated rings. The second-order valence-corrected chi connectivity index (χ2v) is 7.11. The van der Waals surface area contributed by atoms with Gasteiger partial charge in [0.1, 0.15) is 5.75 Å². The number of carbonyl (C=O) groups is 3. The van der Waals surface area contributed by atoms with Crippen LogP contribution in [0.1, 0.15) is 77.0 Å². The van der Waals surface area contributed by atoms with E-state index in [0.717, 1.165) is 51.4 Å². The lowest BCUT2D eigenvalue weighted by Crippen LogP contribution is -2.12. The first-order chi connectivity index (χ1) is 14.0. The summed E-state index contributed by atoms with van der Waals surface area (Å²) in [6.07, 6.45) is 9.08. The minimum absolute atomic E-state index is 0.0524. The van der Waals surface area contributed by atoms with E-state index in [9.17, 15) is 14.4 Å². The van der Waals surface area contributed by atoms with Crippen molar-refractivity contribution in [3.8, 4) is 5.75 Å². The number of hydrogen-bond acceptors (Lipinski definition) is 4. The summed E-state index contributed by atoms with van der Waals surface area (Å²) in [6, 6.07) is 7.15. The third-order valence-corrected chi connectivity index (χ3v) is 4.50. The highest BCUT2D eigenvalue weighted by Crippen LogP contribution is 2.24. The number of anilines is 1. The summed E-state index contributed by atoms with van der Waals surface area (Å²) >= 11 is 0. The Morgan fingerprint density at radius 3 is 1.86 bits per heavy atom. The van der Waals surface area contributed by atoms with Gasteiger partial charge in [-0.2, -0.15) is 0 Å². The molecule has 0 radical (unpaired) electrons. The standard InChI is InChI=1S/C22H33NO6/c24-20(14-7-5-3-1-2-4-6-8-15-21(25)26)23-18-12-9-10-13-19(18)29-17-11-16-22(27)28/h9-10,12-13H,1-8,11,14-17H2,(H,23,24)(H,25,26)(H,27,28). The summed E-state index contributed by atoms with van der Waals surface area (Å²) in [5, 5.41) is 20.1. The number of rotatable bonds is 17. The van der Waals surface area contributed by atoms with E-state index in [2.05, 4.69) is 5.32 Å². The zero-order valence-corrected chi connectivity index (χ0v) is 17.0. The van der Waals surface area contributed by atoms with Gasteiger partial charge in [-0.3, -0.25) is 14.4 Å². The largest absolute Gasteiger partial charge is 0.491 e. The molecule has 7 heteroatoms. The fraction of sp³-hybridized carbons (Fsp3) is 0.591. The van der Waals surface area contributed by atoms with Gasteiger partial charge in [0.2, 0.25) is 5.91 Å². The highest BCUT2D eigenvalue weighted by atomic mass is 16.5. The van der Waals surface area contributed by atoms with Crippen molar-refractivity contribution in [3.05, 3.63) is 24.3 Å². The fourth-order valence-corrected chi connectivity index (χ4v) is 2.94. The van der Waals surface area contributed by atoms with Crippen molar-refractivity contribution >= 4 is 23.5 Å². The van der Waals surface area contributed by atoms with E-state index in [1.54, 1.807) is 12.1 Å². The van der Waals surface area contributed by atoms with Crippen LogP contribution in [0.3, 0.4) is 0 Å². The maximum atomic E-state index is 12.2. The molecule has 1 aromatic rings. The summed E-state index contributed by atoms with van der Waals surface area (Å²) in [5.74, 6) is -1.08. The molecular formula is C22H33NO6. The molecule has 0 unspecified atom stereocenters. The molecule has 0 saturated heterocycles. The molecule has 162 valence electrons. The van der Waals surface area contributed by atoms with Crippen molar-refractivity contribution in [1.29, 1.82) is 0 Å². The van der Waals surface area contributed by atoms with Crippen LogP contribution in [0.25, 0.3) is 0 Å². The van der Waals surface area contributed by atoms with Gasteiger partial charge in [0.05, 0.1) is 12.3 Å². The second-order valence-electron chi connectivity index (χ2n) is 7.11. The van der Waals surface area contributed by atoms with Crippen LogP contribution in [0.4, 0.5) is 5.69 Å². The minimum atomic E-state index is -0.853. The van der Waals surface area contributed by atoms with Crippen molar-refractivity contribution in [1.82, 2.24) is 0 Å². The van der Waals surface area contributed by atoms with Crippen LogP contribution in [-0.2, 0) is 14.4 Å². The SMILES string of the molecule is O=C(O)CCCCCCCCCCC(=O)Nc1ccccc1OCCCC(=O)O. The van der Waals surface area contributed by atoms with Crippen LogP contribution in [0.5, 0.6) is 5.75 Å². The average molecular weight is 408 g/mol. The normalized spacial score (nSPS) is 10.5. The monoisotopic (exact) mass is 407 g/mol. The predicted octanol–water partition coefficient (Wildman–Crippen LogP) is 4.85. The smallest absolute Gasteiger partial charge is 0.303 e. The lowest BCUT2D eigenvalue weighted by Gasteiger charge is -2.12. The number of carbonyl (C=O) groups excluding carboxylic acids is 1. The van der Waals surface area contributed by atoms with Crippen molar-refractivity contribution < 1.29 is 29.3 Å². The highest BCUT2D eigenvalue weighted by molar-refractivity contribution is 5.92. The summed E-state index contributed by atoms with van der Waals surface area (Å²) in [6.45, 7) is 0.287. The van der Waals surface area contributed by atoms with Crippen molar-refractivity contribution in [2.24, 2.45) is 0 Å². The molecule has 1 aromatic carbocycles. The summed E-state index contributed by atoms with van der Waals surface area (Å²) < 4.78 is 5.59. The Morgan fingerprint density at radius 1 is 0.724 bits per heavy atom. The number of amides is 1. The molecule has 1 rings (SSSR count). The maximum Gasteiger partial charge on any atom is 0.303 e. The quantitative estimate of drug-likeness (QED) is 0.318. The third kappa shape index (κ3) is 13.3. The highest BCUT2D eigenvalue weighted by Gasteiger charge is 2.08. The minimum Gasteiger partial charge on any atom is -0.491 e. The Kier molecular flexibility index (Phi) is 13.0. The van der Waals surface area contributed by atoms with Gasteiger partial charge in [-0.05, 0) is 31.4 Å². The Bertz CT molecular complexity index is 631. The number of carboxylic acid groups (broad SMARTS) is 2. The molecule has 0 spiro atoms. The summed E-state index contributed by atoms with van der Waals surface area (Å²) in [4.78, 5) is 33.1. The molecule has 3 N–H and O–H groups in total. The van der Waals surface area contributed by atoms with E-state index < -0.39 is 11.9 Å².